The standard InChI is InChI=1S/C15H13F3N4O4/c1-22-5-4-19-12(22)14(25,15(16,17)18)7-11(23)20-8-2-3-10-9(6-8)21-13(24)26-10/h2-6,25H,7H2,1H3,(H,20,23)(H,21,24). The lowest BCUT2D eigenvalue weighted by molar-refractivity contribution is -0.270. The smallest absolute Gasteiger partial charge is 0.408 e. The van der Waals surface area contributed by atoms with Crippen LogP contribution in [0.4, 0.5) is 18.9 Å². The number of aliphatic hydroxyl groups is 1. The van der Waals surface area contributed by atoms with E-state index in [1.54, 1.807) is 0 Å². The highest BCUT2D eigenvalue weighted by atomic mass is 19.4. The molecule has 2 aromatic heterocycles. The van der Waals surface area contributed by atoms with Gasteiger partial charge in [-0.2, -0.15) is 13.2 Å². The predicted molar refractivity (Wildman–Crippen MR) is 83.2 cm³/mol. The van der Waals surface area contributed by atoms with Crippen molar-refractivity contribution < 1.29 is 27.5 Å². The molecule has 3 rings (SSSR count). The summed E-state index contributed by atoms with van der Waals surface area (Å²) in [5, 5.41) is 12.4. The number of aryl methyl sites for hydroxylation is 1. The van der Waals surface area contributed by atoms with Crippen LogP contribution >= 0.6 is 0 Å². The number of benzene rings is 1. The molecule has 0 fully saturated rings. The van der Waals surface area contributed by atoms with E-state index in [2.05, 4.69) is 15.3 Å². The lowest BCUT2D eigenvalue weighted by Crippen LogP contribution is -2.46. The number of H-pyrrole nitrogens is 1. The van der Waals surface area contributed by atoms with Gasteiger partial charge in [-0.25, -0.2) is 9.78 Å². The van der Waals surface area contributed by atoms with E-state index in [-0.39, 0.29) is 16.8 Å². The molecule has 0 radical (unpaired) electrons. The zero-order valence-corrected chi connectivity index (χ0v) is 13.3. The van der Waals surface area contributed by atoms with Crippen LogP contribution in [-0.4, -0.2) is 31.7 Å². The molecule has 8 nitrogen and oxygen atoms in total. The number of aromatic amines is 1. The molecule has 0 saturated carbocycles. The van der Waals surface area contributed by atoms with Gasteiger partial charge < -0.3 is 19.4 Å². The maximum atomic E-state index is 13.4. The highest BCUT2D eigenvalue weighted by Gasteiger charge is 2.58. The molecule has 26 heavy (non-hydrogen) atoms. The Hall–Kier alpha value is -3.08. The molecule has 1 amide bonds. The van der Waals surface area contributed by atoms with Crippen molar-refractivity contribution in [1.29, 1.82) is 0 Å². The maximum Gasteiger partial charge on any atom is 0.425 e. The topological polar surface area (TPSA) is 113 Å². The molecule has 1 unspecified atom stereocenters. The summed E-state index contributed by atoms with van der Waals surface area (Å²) >= 11 is 0. The van der Waals surface area contributed by atoms with E-state index in [0.717, 1.165) is 10.8 Å². The number of nitrogens with one attached hydrogen (secondary N) is 2. The number of hydrogen-bond donors (Lipinski definition) is 3. The third-order valence-electron chi connectivity index (χ3n) is 3.78. The zero-order valence-electron chi connectivity index (χ0n) is 13.3. The summed E-state index contributed by atoms with van der Waals surface area (Å²) < 4.78 is 46.0. The van der Waals surface area contributed by atoms with E-state index in [9.17, 15) is 27.9 Å². The predicted octanol–water partition coefficient (Wildman–Crippen LogP) is 1.63. The van der Waals surface area contributed by atoms with Crippen molar-refractivity contribution in [2.45, 2.75) is 18.2 Å². The Bertz CT molecular complexity index is 1020. The number of aromatic nitrogens is 3. The molecule has 3 N–H and O–H groups in total. The van der Waals surface area contributed by atoms with Crippen LogP contribution in [-0.2, 0) is 17.4 Å². The van der Waals surface area contributed by atoms with Crippen LogP contribution in [0, 0.1) is 0 Å². The summed E-state index contributed by atoms with van der Waals surface area (Å²) in [5.74, 6) is -2.49. The van der Waals surface area contributed by atoms with Gasteiger partial charge in [-0.1, -0.05) is 0 Å². The Labute approximate surface area is 143 Å². The number of imidazole rings is 1. The van der Waals surface area contributed by atoms with Crippen LogP contribution in [0.25, 0.3) is 11.1 Å². The van der Waals surface area contributed by atoms with Crippen LogP contribution in [0.15, 0.2) is 39.8 Å². The van der Waals surface area contributed by atoms with E-state index in [0.29, 0.717) is 0 Å². The summed E-state index contributed by atoms with van der Waals surface area (Å²) in [6, 6.07) is 4.05. The lowest BCUT2D eigenvalue weighted by Gasteiger charge is -2.29. The molecule has 3 aromatic rings. The van der Waals surface area contributed by atoms with Gasteiger partial charge in [-0.15, -0.1) is 0 Å². The zero-order chi connectivity index (χ0) is 19.1. The Balaban J connectivity index is 1.85. The number of alkyl halides is 3. The number of hydrogen-bond acceptors (Lipinski definition) is 5. The molecular weight excluding hydrogens is 357 g/mol. The Morgan fingerprint density at radius 1 is 1.42 bits per heavy atom. The third kappa shape index (κ3) is 3.08. The van der Waals surface area contributed by atoms with Gasteiger partial charge in [-0.05, 0) is 18.2 Å². The molecule has 11 heteroatoms. The number of carbonyl (C=O) groups excluding carboxylic acids is 1. The fraction of sp³-hybridized carbons (Fsp3) is 0.267. The quantitative estimate of drug-likeness (QED) is 0.646. The van der Waals surface area contributed by atoms with Crippen molar-refractivity contribution in [2.75, 3.05) is 5.32 Å². The van der Waals surface area contributed by atoms with Crippen molar-refractivity contribution in [3.8, 4) is 0 Å². The van der Waals surface area contributed by atoms with Crippen molar-refractivity contribution >= 4 is 22.7 Å². The Morgan fingerprint density at radius 3 is 2.77 bits per heavy atom. The SMILES string of the molecule is Cn1ccnc1C(O)(CC(=O)Nc1ccc2oc(=O)[nH]c2c1)C(F)(F)F. The fourth-order valence-electron chi connectivity index (χ4n) is 2.54. The van der Waals surface area contributed by atoms with Gasteiger partial charge in [0.1, 0.15) is 0 Å². The Kier molecular flexibility index (Phi) is 4.11. The minimum absolute atomic E-state index is 0.129. The molecule has 0 aliphatic heterocycles. The van der Waals surface area contributed by atoms with Crippen molar-refractivity contribution in [3.63, 3.8) is 0 Å². The highest BCUT2D eigenvalue weighted by molar-refractivity contribution is 5.93. The fourth-order valence-corrected chi connectivity index (χ4v) is 2.54. The Morgan fingerprint density at radius 2 is 2.15 bits per heavy atom. The van der Waals surface area contributed by atoms with Crippen LogP contribution in [0.3, 0.4) is 0 Å². The number of nitrogens with zero attached hydrogens (tertiary/aromatic N) is 2. The van der Waals surface area contributed by atoms with E-state index in [4.69, 9.17) is 4.42 Å². The molecular formula is C15H13F3N4O4. The first-order chi connectivity index (χ1) is 12.1. The van der Waals surface area contributed by atoms with Gasteiger partial charge in [0.25, 0.3) is 0 Å². The number of fused-ring (bicyclic) bond motifs is 1. The van der Waals surface area contributed by atoms with E-state index >= 15 is 0 Å². The summed E-state index contributed by atoms with van der Waals surface area (Å²) in [6.07, 6.45) is -4.09. The van der Waals surface area contributed by atoms with Crippen LogP contribution in [0.5, 0.6) is 0 Å². The van der Waals surface area contributed by atoms with Gasteiger partial charge in [0.05, 0.1) is 11.9 Å². The number of rotatable bonds is 4. The van der Waals surface area contributed by atoms with Gasteiger partial charge in [0, 0.05) is 25.1 Å². The molecule has 138 valence electrons. The summed E-state index contributed by atoms with van der Waals surface area (Å²) in [6.45, 7) is 0. The molecule has 1 atom stereocenters. The second-order valence-corrected chi connectivity index (χ2v) is 5.67. The first-order valence-corrected chi connectivity index (χ1v) is 7.30. The molecule has 0 saturated heterocycles. The summed E-state index contributed by atoms with van der Waals surface area (Å²) in [4.78, 5) is 29.1. The highest BCUT2D eigenvalue weighted by Crippen LogP contribution is 2.40. The normalized spacial score (nSPS) is 14.3. The van der Waals surface area contributed by atoms with Crippen LogP contribution in [0.2, 0.25) is 0 Å². The van der Waals surface area contributed by atoms with Gasteiger partial charge in [0.2, 0.25) is 11.5 Å². The molecule has 0 bridgehead atoms. The van der Waals surface area contributed by atoms with Crippen molar-refractivity contribution in [1.82, 2.24) is 14.5 Å². The van der Waals surface area contributed by atoms with Gasteiger partial charge in [-0.3, -0.25) is 9.78 Å². The first-order valence-electron chi connectivity index (χ1n) is 7.30. The van der Waals surface area contributed by atoms with E-state index < -0.39 is 35.7 Å². The van der Waals surface area contributed by atoms with E-state index in [1.807, 2.05) is 0 Å². The monoisotopic (exact) mass is 370 g/mol. The third-order valence-corrected chi connectivity index (χ3v) is 3.78. The second kappa shape index (κ2) is 6.02. The van der Waals surface area contributed by atoms with Gasteiger partial charge >= 0.3 is 11.9 Å². The summed E-state index contributed by atoms with van der Waals surface area (Å²) in [7, 11) is 1.28. The first kappa shape index (κ1) is 17.7. The molecule has 0 aliphatic rings. The molecule has 0 aliphatic carbocycles. The number of halogens is 3. The van der Waals surface area contributed by atoms with Gasteiger partial charge in [0.15, 0.2) is 11.4 Å². The largest absolute Gasteiger partial charge is 0.425 e. The molecule has 2 heterocycles. The number of anilines is 1. The molecule has 1 aromatic carbocycles. The second-order valence-electron chi connectivity index (χ2n) is 5.67. The summed E-state index contributed by atoms with van der Waals surface area (Å²) in [5.41, 5.74) is -2.83. The van der Waals surface area contributed by atoms with E-state index in [1.165, 1.54) is 31.4 Å². The van der Waals surface area contributed by atoms with Crippen molar-refractivity contribution in [2.24, 2.45) is 7.05 Å². The van der Waals surface area contributed by atoms with Crippen LogP contribution in [0.1, 0.15) is 12.2 Å². The minimum Gasteiger partial charge on any atom is -0.408 e. The molecule has 0 spiro atoms. The minimum atomic E-state index is -5.12. The maximum absolute atomic E-state index is 13.4. The average molecular weight is 370 g/mol. The lowest BCUT2D eigenvalue weighted by atomic mass is 9.97. The van der Waals surface area contributed by atoms with Crippen LogP contribution < -0.4 is 11.1 Å². The average Bonchev–Trinajstić information content (AvgIpc) is 3.10. The van der Waals surface area contributed by atoms with Crippen molar-refractivity contribution in [3.05, 3.63) is 47.0 Å². The number of carbonyl (C=O) groups is 1. The number of amides is 1. The number of oxazole rings is 1.